The van der Waals surface area contributed by atoms with Gasteiger partial charge in [0.15, 0.2) is 0 Å². The van der Waals surface area contributed by atoms with E-state index in [1.165, 1.54) is 31.8 Å². The van der Waals surface area contributed by atoms with E-state index in [0.717, 1.165) is 9.87 Å². The molecule has 0 aromatic heterocycles. The molecule has 0 radical (unpaired) electrons. The summed E-state index contributed by atoms with van der Waals surface area (Å²) in [7, 11) is 1.30. The highest BCUT2D eigenvalue weighted by Gasteiger charge is 2.21. The maximum absolute atomic E-state index is 12.7. The minimum absolute atomic E-state index is 0.145. The quantitative estimate of drug-likeness (QED) is 0.713. The van der Waals surface area contributed by atoms with Crippen LogP contribution in [0.2, 0.25) is 0 Å². The van der Waals surface area contributed by atoms with Gasteiger partial charge in [0.25, 0.3) is 0 Å². The average Bonchev–Trinajstić information content (AvgIpc) is 2.67. The lowest BCUT2D eigenvalue weighted by molar-refractivity contribution is -0.120. The van der Waals surface area contributed by atoms with Gasteiger partial charge in [-0.25, -0.2) is 12.7 Å². The topological polar surface area (TPSA) is 69.7 Å². The van der Waals surface area contributed by atoms with E-state index in [-0.39, 0.29) is 16.8 Å². The number of hydrogen-bond donors (Lipinski definition) is 1. The zero-order chi connectivity index (χ0) is 21.8. The van der Waals surface area contributed by atoms with Crippen molar-refractivity contribution >= 4 is 21.6 Å². The predicted octanol–water partition coefficient (Wildman–Crippen LogP) is 3.52. The van der Waals surface area contributed by atoms with Gasteiger partial charge >= 0.3 is 0 Å². The van der Waals surface area contributed by atoms with Gasteiger partial charge in [0, 0.05) is 26.3 Å². The summed E-state index contributed by atoms with van der Waals surface area (Å²) in [5.41, 5.74) is 2.88. The summed E-state index contributed by atoms with van der Waals surface area (Å²) in [5.74, 6) is 0.296. The second-order valence-electron chi connectivity index (χ2n) is 7.79. The van der Waals surface area contributed by atoms with Gasteiger partial charge < -0.3 is 5.32 Å². The van der Waals surface area contributed by atoms with Crippen LogP contribution in [0.25, 0.3) is 0 Å². The van der Waals surface area contributed by atoms with Gasteiger partial charge in [-0.15, -0.1) is 0 Å². The van der Waals surface area contributed by atoms with Gasteiger partial charge in [-0.3, -0.25) is 9.69 Å². The van der Waals surface area contributed by atoms with Crippen molar-refractivity contribution in [1.82, 2.24) is 9.21 Å². The molecule has 7 heteroatoms. The van der Waals surface area contributed by atoms with Gasteiger partial charge in [0.1, 0.15) is 0 Å². The number of rotatable bonds is 8. The summed E-state index contributed by atoms with van der Waals surface area (Å²) in [6.07, 6.45) is 0. The van der Waals surface area contributed by atoms with Crippen LogP contribution in [0.15, 0.2) is 53.4 Å². The third-order valence-corrected chi connectivity index (χ3v) is 6.81. The normalized spacial score (nSPS) is 13.1. The van der Waals surface area contributed by atoms with E-state index < -0.39 is 10.0 Å². The molecule has 1 amide bonds. The highest BCUT2D eigenvalue weighted by Crippen LogP contribution is 2.19. The van der Waals surface area contributed by atoms with Crippen molar-refractivity contribution in [3.05, 3.63) is 59.7 Å². The van der Waals surface area contributed by atoms with E-state index in [9.17, 15) is 13.2 Å². The summed E-state index contributed by atoms with van der Waals surface area (Å²) >= 11 is 0. The molecule has 2 aromatic rings. The molecule has 2 aromatic carbocycles. The van der Waals surface area contributed by atoms with Gasteiger partial charge in [-0.1, -0.05) is 44.2 Å². The first kappa shape index (κ1) is 23.1. The van der Waals surface area contributed by atoms with Crippen molar-refractivity contribution in [3.8, 4) is 0 Å². The highest BCUT2D eigenvalue weighted by atomic mass is 32.2. The third-order valence-electron chi connectivity index (χ3n) is 5.00. The van der Waals surface area contributed by atoms with Crippen LogP contribution < -0.4 is 5.32 Å². The van der Waals surface area contributed by atoms with Crippen LogP contribution in [0.4, 0.5) is 5.69 Å². The number of nitrogens with one attached hydrogen (secondary N) is 1. The Morgan fingerprint density at radius 1 is 1.00 bits per heavy atom. The van der Waals surface area contributed by atoms with E-state index in [1.807, 2.05) is 18.9 Å². The molecule has 1 N–H and O–H groups in total. The largest absolute Gasteiger partial charge is 0.325 e. The number of amides is 1. The molecule has 0 saturated carbocycles. The number of nitrogens with zero attached hydrogens (tertiary/aromatic N) is 2. The van der Waals surface area contributed by atoms with Gasteiger partial charge in [0.05, 0.1) is 10.9 Å². The van der Waals surface area contributed by atoms with E-state index in [4.69, 9.17) is 0 Å². The van der Waals surface area contributed by atoms with Crippen LogP contribution in [-0.2, 0) is 21.4 Å². The molecule has 0 aliphatic carbocycles. The molecule has 0 aliphatic heterocycles. The summed E-state index contributed by atoms with van der Waals surface area (Å²) in [6.45, 7) is 6.79. The highest BCUT2D eigenvalue weighted by molar-refractivity contribution is 7.89. The summed E-state index contributed by atoms with van der Waals surface area (Å²) in [5, 5.41) is 2.82. The van der Waals surface area contributed by atoms with Crippen LogP contribution in [0.3, 0.4) is 0 Å². The van der Waals surface area contributed by atoms with Crippen LogP contribution in [0, 0.1) is 0 Å². The maximum atomic E-state index is 12.7. The Balaban J connectivity index is 2.05. The Morgan fingerprint density at radius 2 is 1.62 bits per heavy atom. The lowest BCUT2D eigenvalue weighted by atomic mass is 10.0. The Bertz CT molecular complexity index is 938. The molecule has 1 atom stereocenters. The first-order valence-corrected chi connectivity index (χ1v) is 11.1. The zero-order valence-electron chi connectivity index (χ0n) is 18.0. The minimum Gasteiger partial charge on any atom is -0.325 e. The maximum Gasteiger partial charge on any atom is 0.242 e. The Labute approximate surface area is 174 Å². The molecule has 0 bridgehead atoms. The Morgan fingerprint density at radius 3 is 2.17 bits per heavy atom. The number of benzene rings is 2. The molecule has 0 spiro atoms. The molecule has 0 heterocycles. The fraction of sp³-hybridized carbons (Fsp3) is 0.409. The zero-order valence-corrected chi connectivity index (χ0v) is 18.8. The number of sulfonamides is 1. The molecule has 29 heavy (non-hydrogen) atoms. The summed E-state index contributed by atoms with van der Waals surface area (Å²) < 4.78 is 25.7. The lowest BCUT2D eigenvalue weighted by Crippen LogP contribution is -2.39. The molecule has 158 valence electrons. The average molecular weight is 418 g/mol. The molecule has 2 rings (SSSR count). The van der Waals surface area contributed by atoms with E-state index in [1.54, 1.807) is 12.1 Å². The smallest absolute Gasteiger partial charge is 0.242 e. The van der Waals surface area contributed by atoms with Crippen molar-refractivity contribution in [3.63, 3.8) is 0 Å². The van der Waals surface area contributed by atoms with Crippen molar-refractivity contribution in [2.45, 2.75) is 44.2 Å². The van der Waals surface area contributed by atoms with Crippen LogP contribution in [0.5, 0.6) is 0 Å². The molecule has 0 aliphatic rings. The number of carbonyl (C=O) groups excluding carboxylic acids is 1. The fourth-order valence-electron chi connectivity index (χ4n) is 2.82. The third kappa shape index (κ3) is 5.88. The SMILES string of the molecule is CC(C)c1ccc(CN(C)[C@@H](C)C(=O)Nc2cccc(S(=O)(=O)N(C)C)c2)cc1. The fourth-order valence-corrected chi connectivity index (χ4v) is 3.77. The van der Waals surface area contributed by atoms with Crippen molar-refractivity contribution in [2.75, 3.05) is 26.5 Å². The van der Waals surface area contributed by atoms with E-state index in [0.29, 0.717) is 18.2 Å². The first-order valence-electron chi connectivity index (χ1n) is 9.65. The van der Waals surface area contributed by atoms with Gasteiger partial charge in [-0.2, -0.15) is 0 Å². The molecule has 0 unspecified atom stereocenters. The van der Waals surface area contributed by atoms with Crippen molar-refractivity contribution in [1.29, 1.82) is 0 Å². The Kier molecular flexibility index (Phi) is 7.57. The number of hydrogen-bond acceptors (Lipinski definition) is 4. The molecular weight excluding hydrogens is 386 g/mol. The summed E-state index contributed by atoms with van der Waals surface area (Å²) in [4.78, 5) is 14.8. The predicted molar refractivity (Wildman–Crippen MR) is 117 cm³/mol. The van der Waals surface area contributed by atoms with Crippen LogP contribution in [-0.4, -0.2) is 50.7 Å². The standard InChI is InChI=1S/C22H31N3O3S/c1-16(2)19-12-10-18(11-13-19)15-25(6)17(3)22(26)23-20-8-7-9-21(14-20)29(27,28)24(4)5/h7-14,16-17H,15H2,1-6H3,(H,23,26)/t17-/m0/s1. The number of likely N-dealkylation sites (N-methyl/N-ethyl adjacent to an activating group) is 1. The Hall–Kier alpha value is -2.22. The lowest BCUT2D eigenvalue weighted by Gasteiger charge is -2.24. The van der Waals surface area contributed by atoms with Crippen molar-refractivity contribution < 1.29 is 13.2 Å². The molecule has 0 saturated heterocycles. The number of anilines is 1. The minimum atomic E-state index is -3.55. The van der Waals surface area contributed by atoms with Gasteiger partial charge in [0.2, 0.25) is 15.9 Å². The van der Waals surface area contributed by atoms with E-state index in [2.05, 4.69) is 43.4 Å². The molecule has 6 nitrogen and oxygen atoms in total. The van der Waals surface area contributed by atoms with Crippen LogP contribution >= 0.6 is 0 Å². The van der Waals surface area contributed by atoms with Crippen LogP contribution in [0.1, 0.15) is 37.8 Å². The monoisotopic (exact) mass is 417 g/mol. The number of carbonyl (C=O) groups is 1. The van der Waals surface area contributed by atoms with Crippen molar-refractivity contribution in [2.24, 2.45) is 0 Å². The van der Waals surface area contributed by atoms with E-state index >= 15 is 0 Å². The first-order chi connectivity index (χ1) is 13.5. The second kappa shape index (κ2) is 9.52. The summed E-state index contributed by atoms with van der Waals surface area (Å²) in [6, 6.07) is 14.3. The second-order valence-corrected chi connectivity index (χ2v) is 9.94. The molecule has 0 fully saturated rings. The molecular formula is C22H31N3O3S. The van der Waals surface area contributed by atoms with Gasteiger partial charge in [-0.05, 0) is 49.2 Å².